The lowest BCUT2D eigenvalue weighted by Gasteiger charge is -2.39. The molecule has 10 heteroatoms. The van der Waals surface area contributed by atoms with Gasteiger partial charge in [0, 0.05) is 29.9 Å². The van der Waals surface area contributed by atoms with Gasteiger partial charge in [0.2, 0.25) is 0 Å². The van der Waals surface area contributed by atoms with Gasteiger partial charge in [0.05, 0.1) is 41.7 Å². The Kier molecular flexibility index (Phi) is 8.51. The summed E-state index contributed by atoms with van der Waals surface area (Å²) in [7, 11) is 4.78. The Morgan fingerprint density at radius 1 is 0.932 bits per heavy atom. The van der Waals surface area contributed by atoms with Crippen LogP contribution >= 0.6 is 11.6 Å². The average molecular weight is 614 g/mol. The lowest BCUT2D eigenvalue weighted by atomic mass is 9.91. The van der Waals surface area contributed by atoms with Gasteiger partial charge in [-0.25, -0.2) is 4.79 Å². The van der Waals surface area contributed by atoms with Crippen molar-refractivity contribution < 1.29 is 28.6 Å². The average Bonchev–Trinajstić information content (AvgIpc) is 3.02. The van der Waals surface area contributed by atoms with Gasteiger partial charge in [-0.15, -0.1) is 0 Å². The third kappa shape index (κ3) is 5.91. The number of rotatable bonds is 8. The SMILES string of the molecule is COc1ccc(C(=O)OCc2c(-c3ccc(NC(=O)c4ccccc4Cl)cc3OC)ccc3c2N(C)C(=O)C(C)(C)N3)cc1. The zero-order chi connectivity index (χ0) is 31.6. The van der Waals surface area contributed by atoms with E-state index >= 15 is 0 Å². The maximum atomic E-state index is 13.3. The standard InChI is InChI=1S/C34H32ClN3O6/c1-34(2)33(41)38(3)30-26(19-44-32(40)20-10-13-22(42-4)14-11-20)23(16-17-28(30)37-34)24-15-12-21(18-29(24)43-5)36-31(39)25-8-6-7-9-27(25)35/h6-18,37H,19H2,1-5H3,(H,36,39). The van der Waals surface area contributed by atoms with Crippen molar-refractivity contribution >= 4 is 46.4 Å². The number of halogens is 1. The Morgan fingerprint density at radius 3 is 2.32 bits per heavy atom. The van der Waals surface area contributed by atoms with Crippen LogP contribution < -0.4 is 25.0 Å². The number of methoxy groups -OCH3 is 2. The number of hydrogen-bond acceptors (Lipinski definition) is 7. The predicted molar refractivity (Wildman–Crippen MR) is 171 cm³/mol. The third-order valence-corrected chi connectivity index (χ3v) is 7.78. The van der Waals surface area contributed by atoms with Crippen molar-refractivity contribution in [2.24, 2.45) is 0 Å². The Morgan fingerprint density at radius 2 is 1.64 bits per heavy atom. The number of anilines is 3. The number of esters is 1. The molecule has 0 bridgehead atoms. The summed E-state index contributed by atoms with van der Waals surface area (Å²) in [4.78, 5) is 40.8. The zero-order valence-electron chi connectivity index (χ0n) is 25.0. The highest BCUT2D eigenvalue weighted by Crippen LogP contribution is 2.44. The van der Waals surface area contributed by atoms with Crippen LogP contribution in [0.4, 0.5) is 17.1 Å². The third-order valence-electron chi connectivity index (χ3n) is 7.45. The molecule has 2 N–H and O–H groups in total. The first kappa shape index (κ1) is 30.4. The monoisotopic (exact) mass is 613 g/mol. The molecule has 0 fully saturated rings. The second-order valence-electron chi connectivity index (χ2n) is 10.8. The number of hydrogen-bond donors (Lipinski definition) is 2. The van der Waals surface area contributed by atoms with E-state index in [9.17, 15) is 14.4 Å². The fourth-order valence-corrected chi connectivity index (χ4v) is 5.43. The van der Waals surface area contributed by atoms with Crippen LogP contribution in [0.1, 0.15) is 40.1 Å². The second-order valence-corrected chi connectivity index (χ2v) is 11.2. The Balaban J connectivity index is 1.53. The molecule has 0 spiro atoms. The molecule has 0 radical (unpaired) electrons. The van der Waals surface area contributed by atoms with Crippen molar-refractivity contribution in [1.29, 1.82) is 0 Å². The zero-order valence-corrected chi connectivity index (χ0v) is 25.7. The number of carbonyl (C=O) groups is 3. The highest BCUT2D eigenvalue weighted by molar-refractivity contribution is 6.34. The fourth-order valence-electron chi connectivity index (χ4n) is 5.21. The van der Waals surface area contributed by atoms with E-state index < -0.39 is 11.5 Å². The van der Waals surface area contributed by atoms with Crippen molar-refractivity contribution in [2.45, 2.75) is 26.0 Å². The van der Waals surface area contributed by atoms with Crippen molar-refractivity contribution in [1.82, 2.24) is 0 Å². The van der Waals surface area contributed by atoms with Gasteiger partial charge in [0.25, 0.3) is 11.8 Å². The van der Waals surface area contributed by atoms with Gasteiger partial charge in [-0.3, -0.25) is 9.59 Å². The van der Waals surface area contributed by atoms with E-state index in [-0.39, 0.29) is 18.4 Å². The highest BCUT2D eigenvalue weighted by Gasteiger charge is 2.39. The van der Waals surface area contributed by atoms with Crippen LogP contribution in [-0.2, 0) is 16.1 Å². The summed E-state index contributed by atoms with van der Waals surface area (Å²) in [6, 6.07) is 22.4. The minimum atomic E-state index is -0.834. The fraction of sp³-hybridized carbons (Fsp3) is 0.206. The summed E-state index contributed by atoms with van der Waals surface area (Å²) in [6.45, 7) is 3.49. The van der Waals surface area contributed by atoms with Gasteiger partial charge in [0.1, 0.15) is 23.6 Å². The van der Waals surface area contributed by atoms with Gasteiger partial charge in [-0.1, -0.05) is 29.8 Å². The van der Waals surface area contributed by atoms with Gasteiger partial charge < -0.3 is 29.7 Å². The number of ether oxygens (including phenoxy) is 3. The molecular weight excluding hydrogens is 582 g/mol. The van der Waals surface area contributed by atoms with Gasteiger partial charge in [0.15, 0.2) is 0 Å². The Bertz CT molecular complexity index is 1750. The number of likely N-dealkylation sites (N-methyl/N-ethyl adjacent to an activating group) is 1. The lowest BCUT2D eigenvalue weighted by molar-refractivity contribution is -0.121. The van der Waals surface area contributed by atoms with E-state index in [4.69, 9.17) is 25.8 Å². The number of nitrogens with one attached hydrogen (secondary N) is 2. The highest BCUT2D eigenvalue weighted by atomic mass is 35.5. The Labute approximate surface area is 260 Å². The molecular formula is C34H32ClN3O6. The lowest BCUT2D eigenvalue weighted by Crippen LogP contribution is -2.52. The smallest absolute Gasteiger partial charge is 0.338 e. The summed E-state index contributed by atoms with van der Waals surface area (Å²) >= 11 is 6.21. The summed E-state index contributed by atoms with van der Waals surface area (Å²) in [6.07, 6.45) is 0. The molecule has 0 aromatic heterocycles. The molecule has 0 saturated heterocycles. The normalized spacial score (nSPS) is 13.4. The molecule has 5 rings (SSSR count). The van der Waals surface area contributed by atoms with Crippen molar-refractivity contribution in [3.05, 3.63) is 101 Å². The van der Waals surface area contributed by atoms with E-state index in [0.29, 0.717) is 55.7 Å². The van der Waals surface area contributed by atoms with E-state index in [1.165, 1.54) is 7.11 Å². The Hall–Kier alpha value is -5.02. The van der Waals surface area contributed by atoms with Crippen LogP contribution in [0.25, 0.3) is 11.1 Å². The first-order valence-corrected chi connectivity index (χ1v) is 14.2. The summed E-state index contributed by atoms with van der Waals surface area (Å²) in [5.74, 6) is 0.0450. The van der Waals surface area contributed by atoms with Crippen LogP contribution in [0.15, 0.2) is 78.9 Å². The molecule has 0 atom stereocenters. The molecule has 44 heavy (non-hydrogen) atoms. The predicted octanol–water partition coefficient (Wildman–Crippen LogP) is 6.80. The van der Waals surface area contributed by atoms with E-state index in [1.807, 2.05) is 26.0 Å². The molecule has 4 aromatic carbocycles. The molecule has 0 unspecified atom stereocenters. The number of fused-ring (bicyclic) bond motifs is 1. The number of amides is 2. The number of nitrogens with zero attached hydrogens (tertiary/aromatic N) is 1. The van der Waals surface area contributed by atoms with Gasteiger partial charge >= 0.3 is 5.97 Å². The molecule has 1 heterocycles. The van der Waals surface area contributed by atoms with E-state index in [0.717, 1.165) is 5.69 Å². The second kappa shape index (κ2) is 12.3. The molecule has 1 aliphatic rings. The topological polar surface area (TPSA) is 106 Å². The van der Waals surface area contributed by atoms with Crippen LogP contribution in [-0.4, -0.2) is 44.6 Å². The van der Waals surface area contributed by atoms with E-state index in [1.54, 1.807) is 85.8 Å². The number of carbonyl (C=O) groups excluding carboxylic acids is 3. The summed E-state index contributed by atoms with van der Waals surface area (Å²) in [5.41, 5.74) is 3.64. The molecule has 2 amide bonds. The molecule has 9 nitrogen and oxygen atoms in total. The maximum Gasteiger partial charge on any atom is 0.338 e. The molecule has 226 valence electrons. The molecule has 4 aromatic rings. The first-order chi connectivity index (χ1) is 21.0. The van der Waals surface area contributed by atoms with Crippen LogP contribution in [0.2, 0.25) is 5.02 Å². The van der Waals surface area contributed by atoms with E-state index in [2.05, 4.69) is 10.6 Å². The van der Waals surface area contributed by atoms with Crippen LogP contribution in [0, 0.1) is 0 Å². The molecule has 1 aliphatic heterocycles. The molecule has 0 saturated carbocycles. The minimum absolute atomic E-state index is 0.128. The minimum Gasteiger partial charge on any atom is -0.497 e. The quantitative estimate of drug-likeness (QED) is 0.211. The van der Waals surface area contributed by atoms with Gasteiger partial charge in [-0.2, -0.15) is 0 Å². The van der Waals surface area contributed by atoms with Crippen molar-refractivity contribution in [3.63, 3.8) is 0 Å². The summed E-state index contributed by atoms with van der Waals surface area (Å²) < 4.78 is 16.7. The maximum absolute atomic E-state index is 13.3. The first-order valence-electron chi connectivity index (χ1n) is 13.8. The summed E-state index contributed by atoms with van der Waals surface area (Å²) in [5, 5.41) is 6.51. The largest absolute Gasteiger partial charge is 0.497 e. The number of benzene rings is 4. The van der Waals surface area contributed by atoms with Crippen LogP contribution in [0.5, 0.6) is 11.5 Å². The van der Waals surface area contributed by atoms with Crippen LogP contribution in [0.3, 0.4) is 0 Å². The van der Waals surface area contributed by atoms with Gasteiger partial charge in [-0.05, 0) is 74.0 Å². The molecule has 0 aliphatic carbocycles. The van der Waals surface area contributed by atoms with Crippen molar-refractivity contribution in [2.75, 3.05) is 36.8 Å². The van der Waals surface area contributed by atoms with Crippen molar-refractivity contribution in [3.8, 4) is 22.6 Å².